The minimum absolute atomic E-state index is 0.190. The summed E-state index contributed by atoms with van der Waals surface area (Å²) in [6.07, 6.45) is 1.60. The Morgan fingerprint density at radius 2 is 1.71 bits per heavy atom. The van der Waals surface area contributed by atoms with Gasteiger partial charge in [0.2, 0.25) is 0 Å². The van der Waals surface area contributed by atoms with Crippen LogP contribution in [0.15, 0.2) is 54.7 Å². The monoisotopic (exact) mass is 377 g/mol. The SMILES string of the molecule is COc1ccc(Nc2cc(C(=O)Nc3c(C)cccc3C)ccn2)c(OC)c1. The lowest BCUT2D eigenvalue weighted by Gasteiger charge is -2.13. The van der Waals surface area contributed by atoms with E-state index in [1.54, 1.807) is 38.6 Å². The van der Waals surface area contributed by atoms with Crippen molar-refractivity contribution in [3.63, 3.8) is 0 Å². The summed E-state index contributed by atoms with van der Waals surface area (Å²) in [5, 5.41) is 6.17. The summed E-state index contributed by atoms with van der Waals surface area (Å²) in [6.45, 7) is 3.94. The Morgan fingerprint density at radius 1 is 0.964 bits per heavy atom. The zero-order valence-electron chi connectivity index (χ0n) is 16.4. The predicted molar refractivity (Wildman–Crippen MR) is 111 cm³/mol. The third-order valence-corrected chi connectivity index (χ3v) is 4.41. The van der Waals surface area contributed by atoms with Gasteiger partial charge in [-0.25, -0.2) is 4.98 Å². The van der Waals surface area contributed by atoms with Crippen LogP contribution in [0.4, 0.5) is 17.2 Å². The highest BCUT2D eigenvalue weighted by molar-refractivity contribution is 6.05. The summed E-state index contributed by atoms with van der Waals surface area (Å²) < 4.78 is 10.6. The number of benzene rings is 2. The summed E-state index contributed by atoms with van der Waals surface area (Å²) in [6, 6.07) is 14.7. The van der Waals surface area contributed by atoms with Crippen molar-refractivity contribution in [2.75, 3.05) is 24.9 Å². The molecule has 28 heavy (non-hydrogen) atoms. The number of rotatable bonds is 6. The molecular weight excluding hydrogens is 354 g/mol. The number of amides is 1. The van der Waals surface area contributed by atoms with Gasteiger partial charge >= 0.3 is 0 Å². The van der Waals surface area contributed by atoms with Gasteiger partial charge in [0.1, 0.15) is 17.3 Å². The van der Waals surface area contributed by atoms with E-state index in [2.05, 4.69) is 15.6 Å². The molecule has 0 aliphatic carbocycles. The van der Waals surface area contributed by atoms with Crippen molar-refractivity contribution in [3.05, 3.63) is 71.4 Å². The van der Waals surface area contributed by atoms with Gasteiger partial charge in [0, 0.05) is 23.5 Å². The summed E-state index contributed by atoms with van der Waals surface area (Å²) in [7, 11) is 3.18. The zero-order chi connectivity index (χ0) is 20.1. The first-order valence-electron chi connectivity index (χ1n) is 8.84. The minimum atomic E-state index is -0.190. The number of carbonyl (C=O) groups is 1. The third-order valence-electron chi connectivity index (χ3n) is 4.41. The topological polar surface area (TPSA) is 72.5 Å². The number of nitrogens with zero attached hydrogens (tertiary/aromatic N) is 1. The normalized spacial score (nSPS) is 10.3. The van der Waals surface area contributed by atoms with Crippen LogP contribution in [-0.2, 0) is 0 Å². The first-order valence-corrected chi connectivity index (χ1v) is 8.84. The van der Waals surface area contributed by atoms with Gasteiger partial charge in [0.05, 0.1) is 19.9 Å². The van der Waals surface area contributed by atoms with Crippen LogP contribution in [0.2, 0.25) is 0 Å². The predicted octanol–water partition coefficient (Wildman–Crippen LogP) is 4.71. The molecule has 3 aromatic rings. The number of hydrogen-bond donors (Lipinski definition) is 2. The second-order valence-electron chi connectivity index (χ2n) is 6.34. The molecule has 0 radical (unpaired) electrons. The summed E-state index contributed by atoms with van der Waals surface area (Å²) in [5.41, 5.74) is 4.10. The van der Waals surface area contributed by atoms with Crippen LogP contribution in [0.3, 0.4) is 0 Å². The number of hydrogen-bond acceptors (Lipinski definition) is 5. The maximum absolute atomic E-state index is 12.7. The number of para-hydroxylation sites is 1. The highest BCUT2D eigenvalue weighted by atomic mass is 16.5. The van der Waals surface area contributed by atoms with Crippen molar-refractivity contribution < 1.29 is 14.3 Å². The van der Waals surface area contributed by atoms with Gasteiger partial charge in [-0.05, 0) is 49.2 Å². The van der Waals surface area contributed by atoms with Crippen LogP contribution in [0, 0.1) is 13.8 Å². The first-order chi connectivity index (χ1) is 13.5. The molecule has 0 aliphatic heterocycles. The lowest BCUT2D eigenvalue weighted by Crippen LogP contribution is -2.14. The second-order valence-corrected chi connectivity index (χ2v) is 6.34. The number of ether oxygens (including phenoxy) is 2. The number of pyridine rings is 1. The number of anilines is 3. The Kier molecular flexibility index (Phi) is 5.79. The Labute approximate surface area is 164 Å². The van der Waals surface area contributed by atoms with Crippen LogP contribution in [0.5, 0.6) is 11.5 Å². The van der Waals surface area contributed by atoms with Crippen molar-refractivity contribution in [1.29, 1.82) is 0 Å². The second kappa shape index (κ2) is 8.43. The van der Waals surface area contributed by atoms with Crippen LogP contribution in [0.1, 0.15) is 21.5 Å². The highest BCUT2D eigenvalue weighted by Gasteiger charge is 2.12. The van der Waals surface area contributed by atoms with Gasteiger partial charge in [0.15, 0.2) is 0 Å². The minimum Gasteiger partial charge on any atom is -0.497 e. The molecule has 0 atom stereocenters. The molecule has 0 saturated carbocycles. The van der Waals surface area contributed by atoms with E-state index in [0.717, 1.165) is 22.5 Å². The first kappa shape index (κ1) is 19.2. The van der Waals surface area contributed by atoms with E-state index >= 15 is 0 Å². The molecular formula is C22H23N3O3. The smallest absolute Gasteiger partial charge is 0.255 e. The van der Waals surface area contributed by atoms with E-state index in [1.165, 1.54) is 0 Å². The van der Waals surface area contributed by atoms with Gasteiger partial charge in [0.25, 0.3) is 5.91 Å². The molecule has 0 fully saturated rings. The van der Waals surface area contributed by atoms with Gasteiger partial charge in [-0.15, -0.1) is 0 Å². The summed E-state index contributed by atoms with van der Waals surface area (Å²) >= 11 is 0. The molecule has 0 unspecified atom stereocenters. The van der Waals surface area contributed by atoms with Gasteiger partial charge < -0.3 is 20.1 Å². The van der Waals surface area contributed by atoms with Crippen LogP contribution in [-0.4, -0.2) is 25.1 Å². The van der Waals surface area contributed by atoms with E-state index in [-0.39, 0.29) is 5.91 Å². The van der Waals surface area contributed by atoms with E-state index in [0.29, 0.717) is 22.9 Å². The van der Waals surface area contributed by atoms with Crippen molar-refractivity contribution in [3.8, 4) is 11.5 Å². The average molecular weight is 377 g/mol. The molecule has 0 bridgehead atoms. The highest BCUT2D eigenvalue weighted by Crippen LogP contribution is 2.31. The standard InChI is InChI=1S/C22H23N3O3/c1-14-6-5-7-15(2)21(14)25-22(26)16-10-11-23-20(12-16)24-18-9-8-17(27-3)13-19(18)28-4/h5-13H,1-4H3,(H,23,24)(H,25,26). The fourth-order valence-electron chi connectivity index (χ4n) is 2.88. The van der Waals surface area contributed by atoms with Gasteiger partial charge in [-0.3, -0.25) is 4.79 Å². The van der Waals surface area contributed by atoms with E-state index in [9.17, 15) is 4.79 Å². The maximum atomic E-state index is 12.7. The quantitative estimate of drug-likeness (QED) is 0.651. The Morgan fingerprint density at radius 3 is 2.39 bits per heavy atom. The van der Waals surface area contributed by atoms with Crippen LogP contribution >= 0.6 is 0 Å². The molecule has 144 valence electrons. The number of methoxy groups -OCH3 is 2. The van der Waals surface area contributed by atoms with Crippen LogP contribution < -0.4 is 20.1 Å². The molecule has 6 nitrogen and oxygen atoms in total. The summed E-state index contributed by atoms with van der Waals surface area (Å²) in [4.78, 5) is 17.0. The van der Waals surface area contributed by atoms with Gasteiger partial charge in [-0.2, -0.15) is 0 Å². The third kappa shape index (κ3) is 4.23. The lowest BCUT2D eigenvalue weighted by atomic mass is 10.1. The molecule has 0 spiro atoms. The van der Waals surface area contributed by atoms with E-state index < -0.39 is 0 Å². The van der Waals surface area contributed by atoms with Crippen molar-refractivity contribution in [2.45, 2.75) is 13.8 Å². The molecule has 2 N–H and O–H groups in total. The Bertz CT molecular complexity index is 982. The fraction of sp³-hybridized carbons (Fsp3) is 0.182. The number of carbonyl (C=O) groups excluding carboxylic acids is 1. The molecule has 2 aromatic carbocycles. The Balaban J connectivity index is 1.82. The fourth-order valence-corrected chi connectivity index (χ4v) is 2.88. The number of aryl methyl sites for hydroxylation is 2. The van der Waals surface area contributed by atoms with Crippen molar-refractivity contribution in [2.24, 2.45) is 0 Å². The Hall–Kier alpha value is -3.54. The number of aromatic nitrogens is 1. The number of nitrogens with one attached hydrogen (secondary N) is 2. The maximum Gasteiger partial charge on any atom is 0.255 e. The van der Waals surface area contributed by atoms with E-state index in [1.807, 2.05) is 44.2 Å². The molecule has 3 rings (SSSR count). The summed E-state index contributed by atoms with van der Waals surface area (Å²) in [5.74, 6) is 1.66. The molecule has 0 aliphatic rings. The van der Waals surface area contributed by atoms with E-state index in [4.69, 9.17) is 9.47 Å². The van der Waals surface area contributed by atoms with Crippen molar-refractivity contribution >= 4 is 23.1 Å². The molecule has 1 heterocycles. The van der Waals surface area contributed by atoms with Gasteiger partial charge in [-0.1, -0.05) is 18.2 Å². The molecule has 1 amide bonds. The zero-order valence-corrected chi connectivity index (χ0v) is 16.4. The van der Waals surface area contributed by atoms with Crippen LogP contribution in [0.25, 0.3) is 0 Å². The van der Waals surface area contributed by atoms with Crippen molar-refractivity contribution in [1.82, 2.24) is 4.98 Å². The largest absolute Gasteiger partial charge is 0.497 e. The lowest BCUT2D eigenvalue weighted by molar-refractivity contribution is 0.102. The molecule has 1 aromatic heterocycles. The molecule has 6 heteroatoms. The average Bonchev–Trinajstić information content (AvgIpc) is 2.71. The molecule has 0 saturated heterocycles.